The summed E-state index contributed by atoms with van der Waals surface area (Å²) in [5.74, 6) is -0.601. The summed E-state index contributed by atoms with van der Waals surface area (Å²) >= 11 is 3.08. The van der Waals surface area contributed by atoms with E-state index in [9.17, 15) is 9.18 Å². The van der Waals surface area contributed by atoms with Crippen molar-refractivity contribution in [2.75, 3.05) is 19.6 Å². The Morgan fingerprint density at radius 3 is 2.58 bits per heavy atom. The van der Waals surface area contributed by atoms with E-state index in [1.54, 1.807) is 17.0 Å². The van der Waals surface area contributed by atoms with E-state index in [4.69, 9.17) is 5.73 Å². The fourth-order valence-corrected chi connectivity index (χ4v) is 1.97. The summed E-state index contributed by atoms with van der Waals surface area (Å²) in [5, 5.41) is 0. The van der Waals surface area contributed by atoms with Crippen LogP contribution in [0.25, 0.3) is 0 Å². The second-order valence-electron chi connectivity index (χ2n) is 5.32. The molecule has 3 nitrogen and oxygen atoms in total. The average molecular weight is 331 g/mol. The summed E-state index contributed by atoms with van der Waals surface area (Å²) in [6.45, 7) is 7.53. The number of carbonyl (C=O) groups excluding carboxylic acids is 1. The lowest BCUT2D eigenvalue weighted by Gasteiger charge is -2.31. The van der Waals surface area contributed by atoms with E-state index in [1.165, 1.54) is 6.07 Å². The minimum atomic E-state index is -0.431. The minimum Gasteiger partial charge on any atom is -0.338 e. The molecule has 0 aliphatic carbocycles. The zero-order valence-corrected chi connectivity index (χ0v) is 13.1. The Morgan fingerprint density at radius 1 is 1.47 bits per heavy atom. The highest BCUT2D eigenvalue weighted by molar-refractivity contribution is 9.10. The Labute approximate surface area is 122 Å². The van der Waals surface area contributed by atoms with Crippen molar-refractivity contribution in [1.29, 1.82) is 0 Å². The van der Waals surface area contributed by atoms with Gasteiger partial charge < -0.3 is 10.6 Å². The average Bonchev–Trinajstić information content (AvgIpc) is 2.38. The molecular formula is C14H20BrFN2O. The van der Waals surface area contributed by atoms with Crippen LogP contribution in [0.15, 0.2) is 22.7 Å². The molecule has 0 saturated carbocycles. The zero-order chi connectivity index (χ0) is 14.6. The van der Waals surface area contributed by atoms with Crippen molar-refractivity contribution in [1.82, 2.24) is 4.90 Å². The molecular weight excluding hydrogens is 311 g/mol. The molecule has 0 radical (unpaired) electrons. The first-order valence-corrected chi connectivity index (χ1v) is 7.04. The third-order valence-corrected chi connectivity index (χ3v) is 3.65. The first kappa shape index (κ1) is 16.1. The molecule has 1 amide bonds. The van der Waals surface area contributed by atoms with E-state index in [0.29, 0.717) is 29.7 Å². The number of hydrogen-bond donors (Lipinski definition) is 1. The third kappa shape index (κ3) is 4.28. The number of carbonyl (C=O) groups is 1. The topological polar surface area (TPSA) is 46.3 Å². The van der Waals surface area contributed by atoms with Crippen molar-refractivity contribution in [3.05, 3.63) is 34.1 Å². The number of rotatable bonds is 5. The van der Waals surface area contributed by atoms with Gasteiger partial charge in [0, 0.05) is 18.7 Å². The highest BCUT2D eigenvalue weighted by atomic mass is 79.9. The van der Waals surface area contributed by atoms with Crippen molar-refractivity contribution < 1.29 is 9.18 Å². The first-order chi connectivity index (χ1) is 8.80. The fraction of sp³-hybridized carbons (Fsp3) is 0.500. The van der Waals surface area contributed by atoms with Gasteiger partial charge in [-0.1, -0.05) is 13.8 Å². The van der Waals surface area contributed by atoms with Crippen molar-refractivity contribution in [2.24, 2.45) is 11.1 Å². The molecule has 0 fully saturated rings. The zero-order valence-electron chi connectivity index (χ0n) is 11.5. The number of benzene rings is 1. The maximum absolute atomic E-state index is 13.5. The second-order valence-corrected chi connectivity index (χ2v) is 6.17. The van der Waals surface area contributed by atoms with Crippen LogP contribution in [-0.2, 0) is 0 Å². The molecule has 0 unspecified atom stereocenters. The van der Waals surface area contributed by atoms with Gasteiger partial charge in [-0.3, -0.25) is 4.79 Å². The molecule has 0 heterocycles. The quantitative estimate of drug-likeness (QED) is 0.901. The number of hydrogen-bond acceptors (Lipinski definition) is 2. The summed E-state index contributed by atoms with van der Waals surface area (Å²) in [6, 6.07) is 4.42. The second kappa shape index (κ2) is 6.48. The summed E-state index contributed by atoms with van der Waals surface area (Å²) in [4.78, 5) is 14.0. The van der Waals surface area contributed by atoms with Crippen LogP contribution in [0, 0.1) is 11.2 Å². The summed E-state index contributed by atoms with van der Waals surface area (Å²) in [5.41, 5.74) is 5.89. The molecule has 1 aromatic rings. The van der Waals surface area contributed by atoms with Gasteiger partial charge in [-0.25, -0.2) is 4.39 Å². The Hall–Kier alpha value is -0.940. The van der Waals surface area contributed by atoms with Crippen LogP contribution in [0.4, 0.5) is 4.39 Å². The van der Waals surface area contributed by atoms with Crippen molar-refractivity contribution in [3.63, 3.8) is 0 Å². The molecule has 0 bridgehead atoms. The highest BCUT2D eigenvalue weighted by Gasteiger charge is 2.23. The SMILES string of the molecule is CCN(CC(C)(C)CN)C(=O)c1ccc(Br)c(F)c1. The monoisotopic (exact) mass is 330 g/mol. The molecule has 5 heteroatoms. The van der Waals surface area contributed by atoms with Crippen LogP contribution < -0.4 is 5.73 Å². The first-order valence-electron chi connectivity index (χ1n) is 6.25. The van der Waals surface area contributed by atoms with E-state index in [2.05, 4.69) is 15.9 Å². The van der Waals surface area contributed by atoms with Gasteiger partial charge in [0.1, 0.15) is 5.82 Å². The van der Waals surface area contributed by atoms with Crippen LogP contribution in [0.5, 0.6) is 0 Å². The largest absolute Gasteiger partial charge is 0.338 e. The summed E-state index contributed by atoms with van der Waals surface area (Å²) in [6.07, 6.45) is 0. The Kier molecular flexibility index (Phi) is 5.50. The lowest BCUT2D eigenvalue weighted by Crippen LogP contribution is -2.42. The molecule has 0 atom stereocenters. The van der Waals surface area contributed by atoms with E-state index >= 15 is 0 Å². The molecule has 0 aliphatic heterocycles. The van der Waals surface area contributed by atoms with Crippen LogP contribution in [0.3, 0.4) is 0 Å². The molecule has 2 N–H and O–H groups in total. The summed E-state index contributed by atoms with van der Waals surface area (Å²) < 4.78 is 13.8. The predicted molar refractivity (Wildman–Crippen MR) is 78.5 cm³/mol. The van der Waals surface area contributed by atoms with E-state index in [-0.39, 0.29) is 11.3 Å². The molecule has 0 aromatic heterocycles. The van der Waals surface area contributed by atoms with Gasteiger partial charge in [0.15, 0.2) is 0 Å². The molecule has 1 rings (SSSR count). The number of nitrogens with two attached hydrogens (primary N) is 1. The van der Waals surface area contributed by atoms with Crippen molar-refractivity contribution in [2.45, 2.75) is 20.8 Å². The standard InChI is InChI=1S/C14H20BrFN2O/c1-4-18(9-14(2,3)8-17)13(19)10-5-6-11(15)12(16)7-10/h5-7H,4,8-9,17H2,1-3H3. The van der Waals surface area contributed by atoms with Crippen LogP contribution in [0.1, 0.15) is 31.1 Å². The van der Waals surface area contributed by atoms with Crippen LogP contribution >= 0.6 is 15.9 Å². The van der Waals surface area contributed by atoms with E-state index in [1.807, 2.05) is 20.8 Å². The normalized spacial score (nSPS) is 11.5. The molecule has 0 spiro atoms. The number of amides is 1. The van der Waals surface area contributed by atoms with E-state index in [0.717, 1.165) is 0 Å². The fourth-order valence-electron chi connectivity index (χ4n) is 1.72. The van der Waals surface area contributed by atoms with Gasteiger partial charge >= 0.3 is 0 Å². The number of nitrogens with zero attached hydrogens (tertiary/aromatic N) is 1. The molecule has 1 aromatic carbocycles. The molecule has 0 saturated heterocycles. The summed E-state index contributed by atoms with van der Waals surface area (Å²) in [7, 11) is 0. The lowest BCUT2D eigenvalue weighted by molar-refractivity contribution is 0.0700. The van der Waals surface area contributed by atoms with Gasteiger partial charge in [-0.15, -0.1) is 0 Å². The maximum atomic E-state index is 13.5. The molecule has 0 aliphatic rings. The van der Waals surface area contributed by atoms with Gasteiger partial charge in [-0.05, 0) is 53.0 Å². The van der Waals surface area contributed by atoms with Crippen LogP contribution in [-0.4, -0.2) is 30.4 Å². The molecule has 106 valence electrons. The van der Waals surface area contributed by atoms with Gasteiger partial charge in [0.05, 0.1) is 4.47 Å². The van der Waals surface area contributed by atoms with Crippen molar-refractivity contribution >= 4 is 21.8 Å². The molecule has 19 heavy (non-hydrogen) atoms. The predicted octanol–water partition coefficient (Wildman–Crippen LogP) is 3.04. The van der Waals surface area contributed by atoms with Crippen LogP contribution in [0.2, 0.25) is 0 Å². The van der Waals surface area contributed by atoms with Crippen molar-refractivity contribution in [3.8, 4) is 0 Å². The van der Waals surface area contributed by atoms with E-state index < -0.39 is 5.82 Å². The Balaban J connectivity index is 2.92. The van der Waals surface area contributed by atoms with Gasteiger partial charge in [0.2, 0.25) is 0 Å². The van der Waals surface area contributed by atoms with Gasteiger partial charge in [-0.2, -0.15) is 0 Å². The maximum Gasteiger partial charge on any atom is 0.253 e. The third-order valence-electron chi connectivity index (χ3n) is 3.01. The Bertz CT molecular complexity index is 463. The van der Waals surface area contributed by atoms with Gasteiger partial charge in [0.25, 0.3) is 5.91 Å². The Morgan fingerprint density at radius 2 is 2.11 bits per heavy atom. The number of halogens is 2. The lowest BCUT2D eigenvalue weighted by atomic mass is 9.93. The highest BCUT2D eigenvalue weighted by Crippen LogP contribution is 2.20. The smallest absolute Gasteiger partial charge is 0.253 e. The minimum absolute atomic E-state index is 0.153.